The molecule has 0 radical (unpaired) electrons. The van der Waals surface area contributed by atoms with E-state index in [0.717, 1.165) is 26.6 Å². The number of carbonyl (C=O) groups excluding carboxylic acids is 1. The average Bonchev–Trinajstić information content (AvgIpc) is 2.25. The maximum atomic E-state index is 12.7. The van der Waals surface area contributed by atoms with Gasteiger partial charge in [-0.2, -0.15) is 13.2 Å². The minimum absolute atomic E-state index is 0.518. The Bertz CT molecular complexity index is 403. The topological polar surface area (TPSA) is 48.4 Å². The zero-order chi connectivity index (χ0) is 12.3. The Hall–Kier alpha value is -1.79. The van der Waals surface area contributed by atoms with Crippen LogP contribution in [0.3, 0.4) is 0 Å². The third kappa shape index (κ3) is 2.23. The van der Waals surface area contributed by atoms with E-state index in [9.17, 15) is 18.0 Å². The molecule has 7 heteroatoms. The van der Waals surface area contributed by atoms with Crippen LogP contribution in [-0.4, -0.2) is 25.2 Å². The van der Waals surface area contributed by atoms with Crippen LogP contribution in [-0.2, 0) is 10.9 Å². The first-order valence-electron chi connectivity index (χ1n) is 4.09. The fraction of sp³-hybridized carbons (Fsp3) is 0.333. The number of alkyl halides is 3. The number of nitrogens with zero attached hydrogens (tertiary/aromatic N) is 1. The van der Waals surface area contributed by atoms with Gasteiger partial charge in [0.25, 0.3) is 0 Å². The normalized spacial score (nSPS) is 11.1. The highest BCUT2D eigenvalue weighted by molar-refractivity contribution is 5.91. The molecule has 0 aliphatic carbocycles. The van der Waals surface area contributed by atoms with Crippen molar-refractivity contribution in [3.63, 3.8) is 0 Å². The molecule has 0 N–H and O–H groups in total. The first kappa shape index (κ1) is 12.3. The molecule has 0 aromatic carbocycles. The molecule has 0 fully saturated rings. The minimum Gasteiger partial charge on any atom is -0.494 e. The van der Waals surface area contributed by atoms with Crippen LogP contribution in [0.5, 0.6) is 5.75 Å². The molecular formula is C9H8F3NO3. The molecule has 0 unspecified atom stereocenters. The molecule has 1 aromatic heterocycles. The standard InChI is InChI=1S/C9H8F3NO3/c1-15-6-4-13-3-5(8(14)16-2)7(6)9(10,11)12/h3-4H,1-2H3. The number of hydrogen-bond donors (Lipinski definition) is 0. The van der Waals surface area contributed by atoms with Crippen molar-refractivity contribution in [1.82, 2.24) is 4.98 Å². The number of halogens is 3. The van der Waals surface area contributed by atoms with Crippen LogP contribution in [0.25, 0.3) is 0 Å². The minimum atomic E-state index is -4.71. The quantitative estimate of drug-likeness (QED) is 0.734. The van der Waals surface area contributed by atoms with Crippen LogP contribution in [0.1, 0.15) is 15.9 Å². The number of aromatic nitrogens is 1. The van der Waals surface area contributed by atoms with Gasteiger partial charge in [0, 0.05) is 6.20 Å². The Morgan fingerprint density at radius 3 is 2.38 bits per heavy atom. The fourth-order valence-electron chi connectivity index (χ4n) is 1.15. The molecule has 0 bridgehead atoms. The molecule has 0 atom stereocenters. The Labute approximate surface area is 89.0 Å². The van der Waals surface area contributed by atoms with Gasteiger partial charge < -0.3 is 9.47 Å². The highest BCUT2D eigenvalue weighted by Crippen LogP contribution is 2.38. The van der Waals surface area contributed by atoms with E-state index in [1.807, 2.05) is 0 Å². The Morgan fingerprint density at radius 2 is 1.94 bits per heavy atom. The second-order valence-corrected chi connectivity index (χ2v) is 2.75. The van der Waals surface area contributed by atoms with Gasteiger partial charge in [0.1, 0.15) is 11.3 Å². The number of carbonyl (C=O) groups is 1. The summed E-state index contributed by atoms with van der Waals surface area (Å²) in [5.41, 5.74) is -1.86. The largest absolute Gasteiger partial charge is 0.494 e. The maximum Gasteiger partial charge on any atom is 0.420 e. The maximum absolute atomic E-state index is 12.7. The van der Waals surface area contributed by atoms with Crippen molar-refractivity contribution in [2.45, 2.75) is 6.18 Å². The number of esters is 1. The highest BCUT2D eigenvalue weighted by Gasteiger charge is 2.39. The SMILES string of the molecule is COC(=O)c1cncc(OC)c1C(F)(F)F. The van der Waals surface area contributed by atoms with Crippen molar-refractivity contribution in [2.75, 3.05) is 14.2 Å². The summed E-state index contributed by atoms with van der Waals surface area (Å²) in [5.74, 6) is -1.63. The molecule has 88 valence electrons. The molecule has 0 spiro atoms. The lowest BCUT2D eigenvalue weighted by atomic mass is 10.1. The van der Waals surface area contributed by atoms with Gasteiger partial charge in [0.2, 0.25) is 0 Å². The summed E-state index contributed by atoms with van der Waals surface area (Å²) in [5, 5.41) is 0. The number of ether oxygens (including phenoxy) is 2. The molecule has 1 rings (SSSR count). The van der Waals surface area contributed by atoms with E-state index in [4.69, 9.17) is 0 Å². The van der Waals surface area contributed by atoms with Gasteiger partial charge in [-0.15, -0.1) is 0 Å². The van der Waals surface area contributed by atoms with E-state index in [1.54, 1.807) is 0 Å². The third-order valence-corrected chi connectivity index (χ3v) is 1.82. The summed E-state index contributed by atoms with van der Waals surface area (Å²) in [6.45, 7) is 0. The van der Waals surface area contributed by atoms with Crippen LogP contribution < -0.4 is 4.74 Å². The van der Waals surface area contributed by atoms with Crippen LogP contribution >= 0.6 is 0 Å². The van der Waals surface area contributed by atoms with Crippen molar-refractivity contribution in [1.29, 1.82) is 0 Å². The first-order chi connectivity index (χ1) is 7.41. The Balaban J connectivity index is 3.44. The fourth-order valence-corrected chi connectivity index (χ4v) is 1.15. The molecule has 4 nitrogen and oxygen atoms in total. The predicted octanol–water partition coefficient (Wildman–Crippen LogP) is 1.90. The zero-order valence-electron chi connectivity index (χ0n) is 8.46. The molecule has 16 heavy (non-hydrogen) atoms. The summed E-state index contributed by atoms with van der Waals surface area (Å²) >= 11 is 0. The second-order valence-electron chi connectivity index (χ2n) is 2.75. The first-order valence-corrected chi connectivity index (χ1v) is 4.09. The zero-order valence-corrected chi connectivity index (χ0v) is 8.46. The van der Waals surface area contributed by atoms with E-state index in [0.29, 0.717) is 0 Å². The number of pyridine rings is 1. The highest BCUT2D eigenvalue weighted by atomic mass is 19.4. The smallest absolute Gasteiger partial charge is 0.420 e. The molecule has 0 aliphatic heterocycles. The lowest BCUT2D eigenvalue weighted by molar-refractivity contribution is -0.139. The summed E-state index contributed by atoms with van der Waals surface area (Å²) < 4.78 is 46.8. The molecule has 0 saturated carbocycles. The van der Waals surface area contributed by atoms with Crippen LogP contribution in [0, 0.1) is 0 Å². The van der Waals surface area contributed by atoms with E-state index in [1.165, 1.54) is 0 Å². The lowest BCUT2D eigenvalue weighted by Gasteiger charge is -2.14. The predicted molar refractivity (Wildman–Crippen MR) is 47.1 cm³/mol. The van der Waals surface area contributed by atoms with Gasteiger partial charge in [-0.1, -0.05) is 0 Å². The van der Waals surface area contributed by atoms with Crippen LogP contribution in [0.2, 0.25) is 0 Å². The van der Waals surface area contributed by atoms with Crippen LogP contribution in [0.4, 0.5) is 13.2 Å². The molecular weight excluding hydrogens is 227 g/mol. The summed E-state index contributed by atoms with van der Waals surface area (Å²) in [6.07, 6.45) is -3.04. The van der Waals surface area contributed by atoms with Gasteiger partial charge in [0.05, 0.1) is 26.0 Å². The van der Waals surface area contributed by atoms with Gasteiger partial charge in [0.15, 0.2) is 0 Å². The summed E-state index contributed by atoms with van der Waals surface area (Å²) in [6, 6.07) is 0. The van der Waals surface area contributed by atoms with Gasteiger partial charge in [-0.25, -0.2) is 4.79 Å². The monoisotopic (exact) mass is 235 g/mol. The Morgan fingerprint density at radius 1 is 1.31 bits per heavy atom. The molecule has 0 saturated heterocycles. The van der Waals surface area contributed by atoms with E-state index in [-0.39, 0.29) is 0 Å². The van der Waals surface area contributed by atoms with E-state index in [2.05, 4.69) is 14.5 Å². The average molecular weight is 235 g/mol. The Kier molecular flexibility index (Phi) is 3.36. The molecule has 0 amide bonds. The van der Waals surface area contributed by atoms with Crippen molar-refractivity contribution >= 4 is 5.97 Å². The molecule has 1 aromatic rings. The van der Waals surface area contributed by atoms with E-state index >= 15 is 0 Å². The van der Waals surface area contributed by atoms with Gasteiger partial charge in [-0.05, 0) is 0 Å². The van der Waals surface area contributed by atoms with Crippen molar-refractivity contribution in [3.8, 4) is 5.75 Å². The number of methoxy groups -OCH3 is 2. The van der Waals surface area contributed by atoms with E-state index < -0.39 is 29.0 Å². The van der Waals surface area contributed by atoms with Gasteiger partial charge in [-0.3, -0.25) is 4.98 Å². The van der Waals surface area contributed by atoms with Crippen LogP contribution in [0.15, 0.2) is 12.4 Å². The van der Waals surface area contributed by atoms with Crippen molar-refractivity contribution in [2.24, 2.45) is 0 Å². The third-order valence-electron chi connectivity index (χ3n) is 1.82. The number of rotatable bonds is 2. The van der Waals surface area contributed by atoms with Crippen molar-refractivity contribution < 1.29 is 27.4 Å². The molecule has 0 aliphatic rings. The summed E-state index contributed by atoms with van der Waals surface area (Å²) in [7, 11) is 2.05. The second kappa shape index (κ2) is 4.38. The lowest BCUT2D eigenvalue weighted by Crippen LogP contribution is -2.16. The molecule has 1 heterocycles. The van der Waals surface area contributed by atoms with Gasteiger partial charge >= 0.3 is 12.1 Å². The van der Waals surface area contributed by atoms with Crippen molar-refractivity contribution in [3.05, 3.63) is 23.5 Å². The number of hydrogen-bond acceptors (Lipinski definition) is 4. The summed E-state index contributed by atoms with van der Waals surface area (Å²) in [4.78, 5) is 14.6.